The highest BCUT2D eigenvalue weighted by Crippen LogP contribution is 2.38. The molecule has 0 saturated heterocycles. The molecule has 5 heteroatoms. The zero-order valence-electron chi connectivity index (χ0n) is 12.0. The van der Waals surface area contributed by atoms with Crippen molar-refractivity contribution in [3.05, 3.63) is 20.8 Å². The van der Waals surface area contributed by atoms with Crippen LogP contribution >= 0.6 is 27.3 Å². The van der Waals surface area contributed by atoms with E-state index in [-0.39, 0.29) is 11.3 Å². The Labute approximate surface area is 133 Å². The number of nitrogens with two attached hydrogens (primary N) is 1. The van der Waals surface area contributed by atoms with E-state index in [0.29, 0.717) is 19.5 Å². The number of hydrogen-bond donors (Lipinski definition) is 1. The highest BCUT2D eigenvalue weighted by molar-refractivity contribution is 9.11. The predicted molar refractivity (Wildman–Crippen MR) is 87.7 cm³/mol. The van der Waals surface area contributed by atoms with E-state index in [1.165, 1.54) is 24.8 Å². The molecule has 1 aliphatic carbocycles. The lowest BCUT2D eigenvalue weighted by atomic mass is 9.71. The van der Waals surface area contributed by atoms with Gasteiger partial charge in [0.2, 0.25) is 5.91 Å². The van der Waals surface area contributed by atoms with E-state index in [1.807, 2.05) is 11.9 Å². The molecule has 1 fully saturated rings. The Bertz CT molecular complexity index is 454. The van der Waals surface area contributed by atoms with Crippen molar-refractivity contribution in [2.75, 3.05) is 13.6 Å². The molecule has 1 saturated carbocycles. The van der Waals surface area contributed by atoms with Gasteiger partial charge in [0.1, 0.15) is 0 Å². The van der Waals surface area contributed by atoms with E-state index in [9.17, 15) is 4.79 Å². The fraction of sp³-hybridized carbons (Fsp3) is 0.667. The summed E-state index contributed by atoms with van der Waals surface area (Å²) in [6.07, 6.45) is 6.53. The lowest BCUT2D eigenvalue weighted by Crippen LogP contribution is -2.39. The van der Waals surface area contributed by atoms with Crippen molar-refractivity contribution < 1.29 is 4.79 Å². The van der Waals surface area contributed by atoms with E-state index in [4.69, 9.17) is 5.73 Å². The van der Waals surface area contributed by atoms with Crippen LogP contribution in [0.4, 0.5) is 0 Å². The third kappa shape index (κ3) is 4.06. The van der Waals surface area contributed by atoms with Crippen molar-refractivity contribution in [3.63, 3.8) is 0 Å². The van der Waals surface area contributed by atoms with Crippen LogP contribution in [0, 0.1) is 5.41 Å². The summed E-state index contributed by atoms with van der Waals surface area (Å²) < 4.78 is 1.11. The first-order valence-corrected chi connectivity index (χ1v) is 8.89. The molecule has 2 N–H and O–H groups in total. The van der Waals surface area contributed by atoms with Crippen LogP contribution in [-0.4, -0.2) is 24.4 Å². The van der Waals surface area contributed by atoms with Crippen LogP contribution in [0.5, 0.6) is 0 Å². The Morgan fingerprint density at radius 1 is 1.45 bits per heavy atom. The Balaban J connectivity index is 1.92. The summed E-state index contributed by atoms with van der Waals surface area (Å²) in [5.74, 6) is 0.222. The first-order chi connectivity index (χ1) is 9.54. The molecule has 20 heavy (non-hydrogen) atoms. The number of carbonyl (C=O) groups is 1. The maximum absolute atomic E-state index is 12.4. The highest BCUT2D eigenvalue weighted by Gasteiger charge is 2.33. The van der Waals surface area contributed by atoms with Gasteiger partial charge >= 0.3 is 0 Å². The maximum Gasteiger partial charge on any atom is 0.223 e. The van der Waals surface area contributed by atoms with Crippen molar-refractivity contribution in [2.24, 2.45) is 11.1 Å². The molecule has 1 aliphatic rings. The number of thiophene rings is 1. The van der Waals surface area contributed by atoms with Gasteiger partial charge < -0.3 is 10.6 Å². The fourth-order valence-electron chi connectivity index (χ4n) is 3.00. The Morgan fingerprint density at radius 3 is 2.70 bits per heavy atom. The predicted octanol–water partition coefficient (Wildman–Crippen LogP) is 3.77. The monoisotopic (exact) mass is 358 g/mol. The fourth-order valence-corrected chi connectivity index (χ4v) is 4.20. The van der Waals surface area contributed by atoms with Crippen molar-refractivity contribution >= 4 is 33.2 Å². The van der Waals surface area contributed by atoms with Crippen LogP contribution < -0.4 is 5.73 Å². The van der Waals surface area contributed by atoms with Gasteiger partial charge in [0, 0.05) is 20.0 Å². The normalized spacial score (nSPS) is 17.9. The molecule has 1 heterocycles. The Morgan fingerprint density at radius 2 is 2.15 bits per heavy atom. The molecule has 0 radical (unpaired) electrons. The highest BCUT2D eigenvalue weighted by atomic mass is 79.9. The van der Waals surface area contributed by atoms with Crippen LogP contribution in [0.1, 0.15) is 44.1 Å². The molecule has 0 aromatic carbocycles. The number of nitrogens with zero attached hydrogens (tertiary/aromatic N) is 1. The number of halogens is 1. The quantitative estimate of drug-likeness (QED) is 0.870. The van der Waals surface area contributed by atoms with E-state index in [0.717, 1.165) is 16.6 Å². The van der Waals surface area contributed by atoms with Crippen LogP contribution in [0.15, 0.2) is 15.2 Å². The molecule has 1 aromatic rings. The molecule has 0 atom stereocenters. The van der Waals surface area contributed by atoms with Crippen molar-refractivity contribution in [1.29, 1.82) is 0 Å². The minimum absolute atomic E-state index is 0.0544. The summed E-state index contributed by atoms with van der Waals surface area (Å²) in [5.41, 5.74) is 7.21. The zero-order valence-corrected chi connectivity index (χ0v) is 14.4. The first-order valence-electron chi connectivity index (χ1n) is 7.22. The second kappa shape index (κ2) is 7.05. The molecule has 0 bridgehead atoms. The van der Waals surface area contributed by atoms with Crippen molar-refractivity contribution in [2.45, 2.75) is 45.1 Å². The topological polar surface area (TPSA) is 46.3 Å². The van der Waals surface area contributed by atoms with Gasteiger partial charge in [0.25, 0.3) is 0 Å². The SMILES string of the molecule is CN(Cc1csc(Br)c1)C(=O)CC1(CN)CCCCC1. The standard InChI is InChI=1S/C15H23BrN2OS/c1-18(9-12-7-13(16)20-10-12)14(19)8-15(11-17)5-3-2-4-6-15/h7,10H,2-6,8-9,11,17H2,1H3. The molecule has 0 unspecified atom stereocenters. The average molecular weight is 359 g/mol. The summed E-state index contributed by atoms with van der Waals surface area (Å²) >= 11 is 5.11. The molecule has 1 aromatic heterocycles. The zero-order chi connectivity index (χ0) is 14.6. The Kier molecular flexibility index (Phi) is 5.64. The van der Waals surface area contributed by atoms with Gasteiger partial charge in [-0.1, -0.05) is 19.3 Å². The average Bonchev–Trinajstić information content (AvgIpc) is 2.85. The molecule has 3 nitrogen and oxygen atoms in total. The summed E-state index contributed by atoms with van der Waals surface area (Å²) in [4.78, 5) is 14.3. The van der Waals surface area contributed by atoms with Crippen molar-refractivity contribution in [3.8, 4) is 0 Å². The minimum Gasteiger partial charge on any atom is -0.341 e. The summed E-state index contributed by atoms with van der Waals surface area (Å²) in [5, 5.41) is 2.09. The van der Waals surface area contributed by atoms with E-state index < -0.39 is 0 Å². The molecule has 0 aliphatic heterocycles. The second-order valence-electron chi connectivity index (χ2n) is 5.95. The van der Waals surface area contributed by atoms with Gasteiger partial charge in [0.15, 0.2) is 0 Å². The van der Waals surface area contributed by atoms with Gasteiger partial charge in [-0.2, -0.15) is 0 Å². The smallest absolute Gasteiger partial charge is 0.223 e. The summed E-state index contributed by atoms with van der Waals surface area (Å²) in [6, 6.07) is 2.08. The van der Waals surface area contributed by atoms with E-state index >= 15 is 0 Å². The first kappa shape index (κ1) is 16.0. The number of hydrogen-bond acceptors (Lipinski definition) is 3. The molecular weight excluding hydrogens is 336 g/mol. The second-order valence-corrected chi connectivity index (χ2v) is 8.24. The van der Waals surface area contributed by atoms with Crippen LogP contribution in [-0.2, 0) is 11.3 Å². The molecular formula is C15H23BrN2OS. The number of amides is 1. The number of rotatable bonds is 5. The van der Waals surface area contributed by atoms with Crippen LogP contribution in [0.25, 0.3) is 0 Å². The third-order valence-corrected chi connectivity index (χ3v) is 5.89. The Hall–Kier alpha value is -0.390. The van der Waals surface area contributed by atoms with Gasteiger partial charge in [-0.3, -0.25) is 4.79 Å². The maximum atomic E-state index is 12.4. The molecule has 0 spiro atoms. The lowest BCUT2D eigenvalue weighted by molar-refractivity contribution is -0.133. The van der Waals surface area contributed by atoms with Gasteiger partial charge in [0.05, 0.1) is 3.79 Å². The summed E-state index contributed by atoms with van der Waals surface area (Å²) in [7, 11) is 1.89. The van der Waals surface area contributed by atoms with Crippen LogP contribution in [0.3, 0.4) is 0 Å². The number of carbonyl (C=O) groups excluding carboxylic acids is 1. The minimum atomic E-state index is 0.0544. The largest absolute Gasteiger partial charge is 0.341 e. The molecule has 2 rings (SSSR count). The molecule has 1 amide bonds. The van der Waals surface area contributed by atoms with E-state index in [1.54, 1.807) is 11.3 Å². The third-order valence-electron chi connectivity index (χ3n) is 4.34. The van der Waals surface area contributed by atoms with E-state index in [2.05, 4.69) is 27.4 Å². The lowest BCUT2D eigenvalue weighted by Gasteiger charge is -2.36. The van der Waals surface area contributed by atoms with Crippen molar-refractivity contribution in [1.82, 2.24) is 4.90 Å². The van der Waals surface area contributed by atoms with Gasteiger partial charge in [-0.25, -0.2) is 0 Å². The molecule has 112 valence electrons. The van der Waals surface area contributed by atoms with Gasteiger partial charge in [-0.15, -0.1) is 11.3 Å². The van der Waals surface area contributed by atoms with Crippen LogP contribution in [0.2, 0.25) is 0 Å². The summed E-state index contributed by atoms with van der Waals surface area (Å²) in [6.45, 7) is 1.32. The van der Waals surface area contributed by atoms with Gasteiger partial charge in [-0.05, 0) is 57.7 Å².